The Morgan fingerprint density at radius 2 is 1.17 bits per heavy atom. The van der Waals surface area contributed by atoms with Crippen molar-refractivity contribution in [2.24, 2.45) is 0 Å². The maximum Gasteiger partial charge on any atom is 0.332 e. The molecule has 10 heteroatoms. The minimum Gasteiger partial charge on any atom is -0.459 e. The number of carbonyl (C=O) groups is 3. The molecule has 2 rings (SSSR count). The van der Waals surface area contributed by atoms with E-state index in [-0.39, 0.29) is 25.4 Å². The van der Waals surface area contributed by atoms with Gasteiger partial charge < -0.3 is 34.5 Å². The average Bonchev–Trinajstić information content (AvgIpc) is 3.16. The van der Waals surface area contributed by atoms with E-state index < -0.39 is 55.8 Å². The predicted molar refractivity (Wildman–Crippen MR) is 208 cm³/mol. The van der Waals surface area contributed by atoms with E-state index in [1.54, 1.807) is 0 Å². The topological polar surface area (TPSA) is 141 Å². The second-order valence-electron chi connectivity index (χ2n) is 14.8. The van der Waals surface area contributed by atoms with Crippen LogP contribution in [0, 0.1) is 0 Å². The molecule has 0 bridgehead atoms. The Morgan fingerprint density at radius 3 is 1.68 bits per heavy atom. The number of amides is 1. The molecule has 1 amide bonds. The first-order valence-electron chi connectivity index (χ1n) is 21.1. The molecule has 1 aliphatic rings. The van der Waals surface area contributed by atoms with Gasteiger partial charge in [-0.05, 0) is 18.4 Å². The molecule has 1 aliphatic heterocycles. The molecule has 1 fully saturated rings. The van der Waals surface area contributed by atoms with Gasteiger partial charge in [0.05, 0.1) is 6.61 Å². The van der Waals surface area contributed by atoms with Crippen LogP contribution in [0.25, 0.3) is 0 Å². The summed E-state index contributed by atoms with van der Waals surface area (Å²) in [5.41, 5.74) is 0.815. The van der Waals surface area contributed by atoms with Gasteiger partial charge in [-0.25, -0.2) is 4.79 Å². The summed E-state index contributed by atoms with van der Waals surface area (Å²) < 4.78 is 22.8. The van der Waals surface area contributed by atoms with Crippen molar-refractivity contribution in [1.29, 1.82) is 0 Å². The van der Waals surface area contributed by atoms with Crippen LogP contribution >= 0.6 is 0 Å². The molecule has 3 N–H and O–H groups in total. The molecule has 10 nitrogen and oxygen atoms in total. The molecule has 1 heterocycles. The van der Waals surface area contributed by atoms with Crippen LogP contribution in [0.15, 0.2) is 30.3 Å². The Bertz CT molecular complexity index is 1070. The molecule has 304 valence electrons. The molecule has 1 aromatic rings. The summed E-state index contributed by atoms with van der Waals surface area (Å²) in [6.07, 6.45) is 20.8. The SMILES string of the molecule is CCCCCCCCCCCCCC(=O)N[C@H]1[C@@H](OCC(=O)OCc2ccccc2)O[C@H](CO)[C@@H](O)[C@@H]1OC(=O)CCCCCCCCCCCCC. The zero-order valence-corrected chi connectivity index (χ0v) is 33.1. The quantitative estimate of drug-likeness (QED) is 0.0488. The van der Waals surface area contributed by atoms with E-state index in [0.717, 1.165) is 44.1 Å². The lowest BCUT2D eigenvalue weighted by molar-refractivity contribution is -0.273. The van der Waals surface area contributed by atoms with Crippen LogP contribution < -0.4 is 5.32 Å². The fraction of sp³-hybridized carbons (Fsp3) is 0.791. The van der Waals surface area contributed by atoms with Crippen LogP contribution in [0.2, 0.25) is 0 Å². The summed E-state index contributed by atoms with van der Waals surface area (Å²) in [6.45, 7) is 3.43. The highest BCUT2D eigenvalue weighted by atomic mass is 16.7. The Kier molecular flexibility index (Phi) is 27.1. The highest BCUT2D eigenvalue weighted by Gasteiger charge is 2.48. The highest BCUT2D eigenvalue weighted by Crippen LogP contribution is 2.26. The van der Waals surface area contributed by atoms with Crippen molar-refractivity contribution >= 4 is 17.8 Å². The molecule has 0 aromatic heterocycles. The first kappa shape index (κ1) is 46.6. The van der Waals surface area contributed by atoms with Crippen molar-refractivity contribution in [1.82, 2.24) is 5.32 Å². The smallest absolute Gasteiger partial charge is 0.332 e. The predicted octanol–water partition coefficient (Wildman–Crippen LogP) is 8.62. The molecule has 0 spiro atoms. The number of hydrogen-bond acceptors (Lipinski definition) is 9. The zero-order valence-electron chi connectivity index (χ0n) is 33.1. The van der Waals surface area contributed by atoms with Crippen molar-refractivity contribution in [2.75, 3.05) is 13.2 Å². The van der Waals surface area contributed by atoms with Crippen LogP contribution in [-0.2, 0) is 39.9 Å². The Balaban J connectivity index is 1.90. The summed E-state index contributed by atoms with van der Waals surface area (Å²) >= 11 is 0. The van der Waals surface area contributed by atoms with Gasteiger partial charge in [-0.1, -0.05) is 173 Å². The van der Waals surface area contributed by atoms with Gasteiger partial charge in [0, 0.05) is 12.8 Å². The number of benzene rings is 1. The molecule has 1 saturated heterocycles. The number of hydrogen-bond donors (Lipinski definition) is 3. The van der Waals surface area contributed by atoms with Crippen LogP contribution in [0.5, 0.6) is 0 Å². The number of ether oxygens (including phenoxy) is 4. The summed E-state index contributed by atoms with van der Waals surface area (Å²) in [5.74, 6) is -1.45. The number of unbranched alkanes of at least 4 members (excludes halogenated alkanes) is 20. The summed E-state index contributed by atoms with van der Waals surface area (Å²) in [6, 6.07) is 8.13. The van der Waals surface area contributed by atoms with Gasteiger partial charge in [0.1, 0.15) is 31.5 Å². The normalized spacial score (nSPS) is 19.9. The van der Waals surface area contributed by atoms with Gasteiger partial charge in [-0.3, -0.25) is 9.59 Å². The van der Waals surface area contributed by atoms with E-state index in [9.17, 15) is 24.6 Å². The lowest BCUT2D eigenvalue weighted by atomic mass is 9.96. The molecule has 0 saturated carbocycles. The lowest BCUT2D eigenvalue weighted by Crippen LogP contribution is -2.66. The van der Waals surface area contributed by atoms with E-state index in [4.69, 9.17) is 18.9 Å². The second-order valence-corrected chi connectivity index (χ2v) is 14.8. The molecule has 0 radical (unpaired) electrons. The summed E-state index contributed by atoms with van der Waals surface area (Å²) in [5, 5.41) is 24.0. The number of rotatable bonds is 32. The third kappa shape index (κ3) is 21.8. The number of aliphatic hydroxyl groups is 2. The van der Waals surface area contributed by atoms with Crippen molar-refractivity contribution in [3.05, 3.63) is 35.9 Å². The maximum absolute atomic E-state index is 13.2. The van der Waals surface area contributed by atoms with Crippen molar-refractivity contribution < 1.29 is 43.5 Å². The van der Waals surface area contributed by atoms with Crippen LogP contribution in [0.3, 0.4) is 0 Å². The fourth-order valence-electron chi connectivity index (χ4n) is 6.79. The Morgan fingerprint density at radius 1 is 0.679 bits per heavy atom. The minimum atomic E-state index is -1.42. The molecular weight excluding hydrogens is 674 g/mol. The van der Waals surface area contributed by atoms with Crippen molar-refractivity contribution in [3.63, 3.8) is 0 Å². The largest absolute Gasteiger partial charge is 0.459 e. The minimum absolute atomic E-state index is 0.0605. The van der Waals surface area contributed by atoms with Gasteiger partial charge in [0.25, 0.3) is 0 Å². The Labute approximate surface area is 320 Å². The molecule has 1 aromatic carbocycles. The van der Waals surface area contributed by atoms with Gasteiger partial charge in [0.15, 0.2) is 12.4 Å². The van der Waals surface area contributed by atoms with Gasteiger partial charge >= 0.3 is 11.9 Å². The molecule has 53 heavy (non-hydrogen) atoms. The standard InChI is InChI=1S/C43H73NO9/c1-3-5-7-9-11-13-15-17-19-21-26-30-37(46)44-40-42(53-38(47)31-27-22-20-18-16-14-12-10-8-6-4-2)41(49)36(32-45)52-43(40)51-34-39(48)50-33-35-28-24-23-25-29-35/h23-25,28-29,36,40-43,45,49H,3-22,26-27,30-34H2,1-2H3,(H,44,46)/t36-,40-,41-,42-,43+/m1/s1. The molecule has 0 unspecified atom stereocenters. The van der Waals surface area contributed by atoms with Crippen LogP contribution in [0.1, 0.15) is 174 Å². The van der Waals surface area contributed by atoms with E-state index >= 15 is 0 Å². The van der Waals surface area contributed by atoms with Crippen molar-refractivity contribution in [2.45, 2.75) is 205 Å². The molecular formula is C43H73NO9. The van der Waals surface area contributed by atoms with Gasteiger partial charge in [0.2, 0.25) is 5.91 Å². The third-order valence-corrected chi connectivity index (χ3v) is 10.0. The monoisotopic (exact) mass is 748 g/mol. The van der Waals surface area contributed by atoms with Crippen LogP contribution in [-0.4, -0.2) is 71.9 Å². The van der Waals surface area contributed by atoms with E-state index in [0.29, 0.717) is 12.8 Å². The molecule has 0 aliphatic carbocycles. The number of nitrogens with one attached hydrogen (secondary N) is 1. The van der Waals surface area contributed by atoms with E-state index in [1.165, 1.54) is 89.9 Å². The average molecular weight is 748 g/mol. The first-order valence-corrected chi connectivity index (χ1v) is 21.1. The third-order valence-electron chi connectivity index (χ3n) is 10.0. The lowest BCUT2D eigenvalue weighted by Gasteiger charge is -2.43. The van der Waals surface area contributed by atoms with E-state index in [1.807, 2.05) is 30.3 Å². The molecule has 5 atom stereocenters. The Hall–Kier alpha value is -2.53. The van der Waals surface area contributed by atoms with Gasteiger partial charge in [-0.15, -0.1) is 0 Å². The number of aliphatic hydroxyl groups excluding tert-OH is 2. The zero-order chi connectivity index (χ0) is 38.4. The highest BCUT2D eigenvalue weighted by molar-refractivity contribution is 5.76. The first-order chi connectivity index (χ1) is 25.9. The van der Waals surface area contributed by atoms with E-state index in [2.05, 4.69) is 19.2 Å². The number of esters is 2. The second kappa shape index (κ2) is 30.8. The fourth-order valence-corrected chi connectivity index (χ4v) is 6.79. The maximum atomic E-state index is 13.2. The van der Waals surface area contributed by atoms with Crippen LogP contribution in [0.4, 0.5) is 0 Å². The number of carbonyl (C=O) groups excluding carboxylic acids is 3. The summed E-state index contributed by atoms with van der Waals surface area (Å²) in [4.78, 5) is 38.9. The summed E-state index contributed by atoms with van der Waals surface area (Å²) in [7, 11) is 0. The van der Waals surface area contributed by atoms with Gasteiger partial charge in [-0.2, -0.15) is 0 Å². The van der Waals surface area contributed by atoms with Crippen molar-refractivity contribution in [3.8, 4) is 0 Å².